The van der Waals surface area contributed by atoms with Crippen molar-refractivity contribution in [1.29, 1.82) is 0 Å². The SMILES string of the molecule is C=C1/C=C(C(=O)NC(C)C)\C=C/CCCCCCCCC1. The minimum atomic E-state index is 0.00879. The highest BCUT2D eigenvalue weighted by molar-refractivity contribution is 5.96. The summed E-state index contributed by atoms with van der Waals surface area (Å²) in [5, 5.41) is 2.97. The van der Waals surface area contributed by atoms with Crippen LogP contribution in [-0.4, -0.2) is 11.9 Å². The van der Waals surface area contributed by atoms with Crippen molar-refractivity contribution in [2.24, 2.45) is 0 Å². The molecule has 0 spiro atoms. The molecule has 0 fully saturated rings. The Bertz CT molecular complexity index is 390. The number of amides is 1. The molecule has 1 N–H and O–H groups in total. The largest absolute Gasteiger partial charge is 0.350 e. The van der Waals surface area contributed by atoms with Crippen LogP contribution in [0.3, 0.4) is 0 Å². The smallest absolute Gasteiger partial charge is 0.251 e. The van der Waals surface area contributed by atoms with E-state index in [-0.39, 0.29) is 11.9 Å². The van der Waals surface area contributed by atoms with Crippen LogP contribution < -0.4 is 5.32 Å². The van der Waals surface area contributed by atoms with Gasteiger partial charge in [0.05, 0.1) is 0 Å². The van der Waals surface area contributed by atoms with Crippen molar-refractivity contribution in [2.45, 2.75) is 77.7 Å². The number of allylic oxidation sites excluding steroid dienone is 3. The van der Waals surface area contributed by atoms with Crippen molar-refractivity contribution in [2.75, 3.05) is 0 Å². The summed E-state index contributed by atoms with van der Waals surface area (Å²) in [6.45, 7) is 8.08. The van der Waals surface area contributed by atoms with Crippen molar-refractivity contribution in [1.82, 2.24) is 5.32 Å². The molecule has 0 aromatic rings. The second kappa shape index (κ2) is 10.4. The van der Waals surface area contributed by atoms with Crippen LogP contribution in [0.1, 0.15) is 71.6 Å². The van der Waals surface area contributed by atoms with Gasteiger partial charge in [0.1, 0.15) is 0 Å². The molecule has 0 saturated heterocycles. The second-order valence-corrected chi connectivity index (χ2v) is 6.30. The summed E-state index contributed by atoms with van der Waals surface area (Å²) >= 11 is 0. The molecular formula is C19H31NO. The number of hydrogen-bond acceptors (Lipinski definition) is 1. The van der Waals surface area contributed by atoms with Gasteiger partial charge in [-0.15, -0.1) is 0 Å². The van der Waals surface area contributed by atoms with Crippen LogP contribution in [0, 0.1) is 0 Å². The molecular weight excluding hydrogens is 258 g/mol. The molecule has 1 rings (SSSR count). The third-order valence-corrected chi connectivity index (χ3v) is 3.71. The summed E-state index contributed by atoms with van der Waals surface area (Å²) in [7, 11) is 0. The lowest BCUT2D eigenvalue weighted by atomic mass is 10.0. The van der Waals surface area contributed by atoms with Crippen molar-refractivity contribution in [3.63, 3.8) is 0 Å². The van der Waals surface area contributed by atoms with Gasteiger partial charge in [-0.3, -0.25) is 4.79 Å². The first-order valence-corrected chi connectivity index (χ1v) is 8.46. The molecule has 0 atom stereocenters. The Labute approximate surface area is 130 Å². The Morgan fingerprint density at radius 3 is 2.38 bits per heavy atom. The van der Waals surface area contributed by atoms with Gasteiger partial charge in [-0.2, -0.15) is 0 Å². The lowest BCUT2D eigenvalue weighted by Crippen LogP contribution is -2.31. The number of nitrogens with one attached hydrogen (secondary N) is 1. The predicted molar refractivity (Wildman–Crippen MR) is 91.2 cm³/mol. The molecule has 1 amide bonds. The van der Waals surface area contributed by atoms with Gasteiger partial charge in [0.15, 0.2) is 0 Å². The van der Waals surface area contributed by atoms with Gasteiger partial charge >= 0.3 is 0 Å². The number of hydrogen-bond donors (Lipinski definition) is 1. The Morgan fingerprint density at radius 1 is 1.10 bits per heavy atom. The van der Waals surface area contributed by atoms with Gasteiger partial charge in [-0.1, -0.05) is 56.4 Å². The van der Waals surface area contributed by atoms with Crippen LogP contribution in [0.5, 0.6) is 0 Å². The molecule has 0 radical (unpaired) electrons. The minimum absolute atomic E-state index is 0.00879. The van der Waals surface area contributed by atoms with E-state index in [0.717, 1.165) is 24.0 Å². The van der Waals surface area contributed by atoms with Crippen LogP contribution in [0.25, 0.3) is 0 Å². The lowest BCUT2D eigenvalue weighted by Gasteiger charge is -2.10. The Morgan fingerprint density at radius 2 is 1.71 bits per heavy atom. The Hall–Kier alpha value is -1.31. The van der Waals surface area contributed by atoms with Gasteiger partial charge in [-0.25, -0.2) is 0 Å². The van der Waals surface area contributed by atoms with E-state index in [1.54, 1.807) is 0 Å². The van der Waals surface area contributed by atoms with Crippen LogP contribution in [-0.2, 0) is 4.79 Å². The highest BCUT2D eigenvalue weighted by Crippen LogP contribution is 2.16. The molecule has 0 heterocycles. The number of carbonyl (C=O) groups excluding carboxylic acids is 1. The summed E-state index contributed by atoms with van der Waals surface area (Å²) in [6.07, 6.45) is 17.1. The molecule has 1 aliphatic rings. The van der Waals surface area contributed by atoms with Gasteiger partial charge < -0.3 is 5.32 Å². The first-order chi connectivity index (χ1) is 10.1. The summed E-state index contributed by atoms with van der Waals surface area (Å²) in [6, 6.07) is 0.160. The molecule has 2 heteroatoms. The van der Waals surface area contributed by atoms with E-state index >= 15 is 0 Å². The van der Waals surface area contributed by atoms with Gasteiger partial charge in [-0.05, 0) is 45.6 Å². The van der Waals surface area contributed by atoms with Gasteiger partial charge in [0.2, 0.25) is 0 Å². The van der Waals surface area contributed by atoms with E-state index in [4.69, 9.17) is 0 Å². The Kier molecular flexibility index (Phi) is 8.80. The molecule has 0 unspecified atom stereocenters. The van der Waals surface area contributed by atoms with Crippen molar-refractivity contribution >= 4 is 5.91 Å². The second-order valence-electron chi connectivity index (χ2n) is 6.30. The topological polar surface area (TPSA) is 29.1 Å². The van der Waals surface area contributed by atoms with Crippen LogP contribution in [0.4, 0.5) is 0 Å². The number of carbonyl (C=O) groups is 1. The molecule has 2 nitrogen and oxygen atoms in total. The van der Waals surface area contributed by atoms with Gasteiger partial charge in [0, 0.05) is 11.6 Å². The van der Waals surface area contributed by atoms with Crippen LogP contribution in [0.2, 0.25) is 0 Å². The van der Waals surface area contributed by atoms with Crippen molar-refractivity contribution < 1.29 is 4.79 Å². The van der Waals surface area contributed by atoms with E-state index in [9.17, 15) is 4.79 Å². The highest BCUT2D eigenvalue weighted by Gasteiger charge is 2.08. The summed E-state index contributed by atoms with van der Waals surface area (Å²) in [4.78, 5) is 12.2. The van der Waals surface area contributed by atoms with Gasteiger partial charge in [0.25, 0.3) is 5.91 Å². The maximum atomic E-state index is 12.2. The molecule has 118 valence electrons. The molecule has 0 aliphatic heterocycles. The molecule has 0 aromatic carbocycles. The fourth-order valence-corrected chi connectivity index (χ4v) is 2.54. The highest BCUT2D eigenvalue weighted by atomic mass is 16.1. The van der Waals surface area contributed by atoms with E-state index < -0.39 is 0 Å². The lowest BCUT2D eigenvalue weighted by molar-refractivity contribution is -0.117. The average Bonchev–Trinajstić information content (AvgIpc) is 2.42. The van der Waals surface area contributed by atoms with E-state index in [2.05, 4.69) is 18.0 Å². The zero-order valence-corrected chi connectivity index (χ0v) is 13.8. The minimum Gasteiger partial charge on any atom is -0.350 e. The normalized spacial score (nSPS) is 23.0. The first kappa shape index (κ1) is 17.7. The quantitative estimate of drug-likeness (QED) is 0.755. The molecule has 21 heavy (non-hydrogen) atoms. The monoisotopic (exact) mass is 289 g/mol. The predicted octanol–water partition coefficient (Wildman–Crippen LogP) is 5.07. The molecule has 1 aliphatic carbocycles. The molecule has 0 aromatic heterocycles. The maximum Gasteiger partial charge on any atom is 0.251 e. The summed E-state index contributed by atoms with van der Waals surface area (Å²) in [5.74, 6) is 0.00879. The van der Waals surface area contributed by atoms with E-state index in [1.165, 1.54) is 44.9 Å². The first-order valence-electron chi connectivity index (χ1n) is 8.46. The number of rotatable bonds is 2. The zero-order chi connectivity index (χ0) is 15.5. The van der Waals surface area contributed by atoms with E-state index in [1.807, 2.05) is 26.0 Å². The fraction of sp³-hybridized carbons (Fsp3) is 0.632. The molecule has 0 saturated carbocycles. The third-order valence-electron chi connectivity index (χ3n) is 3.71. The fourth-order valence-electron chi connectivity index (χ4n) is 2.54. The van der Waals surface area contributed by atoms with Crippen LogP contribution in [0.15, 0.2) is 36.0 Å². The maximum absolute atomic E-state index is 12.2. The van der Waals surface area contributed by atoms with Crippen molar-refractivity contribution in [3.05, 3.63) is 36.0 Å². The molecule has 0 bridgehead atoms. The third kappa shape index (κ3) is 8.54. The standard InChI is InChI=1S/C19H31NO/c1-16(2)20-19(21)18-14-12-10-8-6-4-5-7-9-11-13-17(3)15-18/h12,14-16H,3-11,13H2,1-2H3,(H,20,21)/b14-12-,18-15+. The van der Waals surface area contributed by atoms with E-state index in [0.29, 0.717) is 0 Å². The summed E-state index contributed by atoms with van der Waals surface area (Å²) in [5.41, 5.74) is 1.80. The average molecular weight is 289 g/mol. The zero-order valence-electron chi connectivity index (χ0n) is 13.8. The van der Waals surface area contributed by atoms with Crippen LogP contribution >= 0.6 is 0 Å². The van der Waals surface area contributed by atoms with Crippen molar-refractivity contribution in [3.8, 4) is 0 Å². The summed E-state index contributed by atoms with van der Waals surface area (Å²) < 4.78 is 0. The Balaban J connectivity index is 2.73.